The van der Waals surface area contributed by atoms with Gasteiger partial charge in [-0.15, -0.1) is 11.3 Å². The van der Waals surface area contributed by atoms with Crippen molar-refractivity contribution >= 4 is 35.7 Å². The standard InChI is InChI=1S/C31H33N3OSSi/c1-22-30(36-21-33-22)23-15-16-24(20-32)29(17-23)34-25-18-26(19-25)35-37(31(2,3)4,27-11-7-5-8-12-27)28-13-9-6-10-14-28/h5-17,21,25-26,34H,18-19H2,1-4H3. The third-order valence-corrected chi connectivity index (χ3v) is 13.4. The molecule has 0 saturated heterocycles. The summed E-state index contributed by atoms with van der Waals surface area (Å²) in [7, 11) is -2.56. The van der Waals surface area contributed by atoms with Gasteiger partial charge in [-0.05, 0) is 52.9 Å². The summed E-state index contributed by atoms with van der Waals surface area (Å²) in [5.74, 6) is 0. The minimum Gasteiger partial charge on any atom is -0.404 e. The highest BCUT2D eigenvalue weighted by Crippen LogP contribution is 2.41. The van der Waals surface area contributed by atoms with Gasteiger partial charge in [0.25, 0.3) is 8.32 Å². The van der Waals surface area contributed by atoms with Gasteiger partial charge in [0.05, 0.1) is 27.3 Å². The maximum atomic E-state index is 9.73. The molecule has 1 aromatic heterocycles. The van der Waals surface area contributed by atoms with Gasteiger partial charge in [-0.2, -0.15) is 5.26 Å². The summed E-state index contributed by atoms with van der Waals surface area (Å²) >= 11 is 1.63. The summed E-state index contributed by atoms with van der Waals surface area (Å²) in [6.07, 6.45) is 2.00. The number of rotatable bonds is 7. The molecule has 0 unspecified atom stereocenters. The van der Waals surface area contributed by atoms with Gasteiger partial charge in [-0.3, -0.25) is 0 Å². The lowest BCUT2D eigenvalue weighted by molar-refractivity contribution is 0.0975. The second-order valence-corrected chi connectivity index (χ2v) is 16.0. The lowest BCUT2D eigenvalue weighted by Crippen LogP contribution is -2.69. The molecule has 0 spiro atoms. The molecule has 0 radical (unpaired) electrons. The second kappa shape index (κ2) is 10.3. The second-order valence-electron chi connectivity index (χ2n) is 10.9. The Kier molecular flexibility index (Phi) is 7.04. The van der Waals surface area contributed by atoms with E-state index in [2.05, 4.69) is 104 Å². The number of hydrogen-bond donors (Lipinski definition) is 1. The van der Waals surface area contributed by atoms with Crippen molar-refractivity contribution in [1.29, 1.82) is 5.26 Å². The van der Waals surface area contributed by atoms with Crippen molar-refractivity contribution in [1.82, 2.24) is 4.98 Å². The Bertz CT molecular complexity index is 1360. The van der Waals surface area contributed by atoms with Crippen LogP contribution >= 0.6 is 11.3 Å². The van der Waals surface area contributed by atoms with E-state index in [1.165, 1.54) is 10.4 Å². The molecule has 188 valence electrons. The molecule has 6 heteroatoms. The largest absolute Gasteiger partial charge is 0.404 e. The molecular weight excluding hydrogens is 491 g/mol. The molecule has 4 nitrogen and oxygen atoms in total. The Morgan fingerprint density at radius 3 is 2.11 bits per heavy atom. The van der Waals surface area contributed by atoms with Crippen LogP contribution in [0, 0.1) is 18.3 Å². The molecule has 1 saturated carbocycles. The Morgan fingerprint density at radius 2 is 1.59 bits per heavy atom. The molecule has 1 heterocycles. The highest BCUT2D eigenvalue weighted by atomic mass is 32.1. The van der Waals surface area contributed by atoms with E-state index in [9.17, 15) is 5.26 Å². The number of nitrogens with zero attached hydrogens (tertiary/aromatic N) is 2. The number of nitriles is 1. The normalized spacial score (nSPS) is 17.6. The summed E-state index contributed by atoms with van der Waals surface area (Å²) in [5.41, 5.74) is 5.54. The Hall–Kier alpha value is -3.24. The molecular formula is C31H33N3OSSi. The first kappa shape index (κ1) is 25.4. The van der Waals surface area contributed by atoms with Gasteiger partial charge in [-0.1, -0.05) is 87.5 Å². The van der Waals surface area contributed by atoms with Gasteiger partial charge in [0.1, 0.15) is 6.07 Å². The van der Waals surface area contributed by atoms with Crippen LogP contribution in [-0.2, 0) is 4.43 Å². The molecule has 1 N–H and O–H groups in total. The molecule has 4 aromatic rings. The molecule has 0 amide bonds. The van der Waals surface area contributed by atoms with E-state index >= 15 is 0 Å². The smallest absolute Gasteiger partial charge is 0.261 e. The van der Waals surface area contributed by atoms with Crippen molar-refractivity contribution in [3.63, 3.8) is 0 Å². The topological polar surface area (TPSA) is 57.9 Å². The number of aryl methyl sites for hydroxylation is 1. The van der Waals surface area contributed by atoms with E-state index in [0.29, 0.717) is 5.56 Å². The summed E-state index contributed by atoms with van der Waals surface area (Å²) < 4.78 is 7.26. The van der Waals surface area contributed by atoms with E-state index in [1.54, 1.807) is 11.3 Å². The highest BCUT2D eigenvalue weighted by molar-refractivity contribution is 7.13. The Balaban J connectivity index is 1.38. The molecule has 1 aliphatic rings. The maximum absolute atomic E-state index is 9.73. The van der Waals surface area contributed by atoms with Gasteiger partial charge in [0.2, 0.25) is 0 Å². The molecule has 1 aliphatic carbocycles. The number of anilines is 1. The number of benzene rings is 3. The predicted molar refractivity (Wildman–Crippen MR) is 156 cm³/mol. The van der Waals surface area contributed by atoms with Crippen LogP contribution in [0.5, 0.6) is 0 Å². The molecule has 0 bridgehead atoms. The Morgan fingerprint density at radius 1 is 0.973 bits per heavy atom. The quantitative estimate of drug-likeness (QED) is 0.281. The maximum Gasteiger partial charge on any atom is 0.261 e. The van der Waals surface area contributed by atoms with Crippen LogP contribution < -0.4 is 15.7 Å². The van der Waals surface area contributed by atoms with Crippen LogP contribution in [0.2, 0.25) is 5.04 Å². The first-order valence-corrected chi connectivity index (χ1v) is 15.6. The third-order valence-electron chi connectivity index (χ3n) is 7.36. The van der Waals surface area contributed by atoms with E-state index in [4.69, 9.17) is 4.43 Å². The molecule has 1 fully saturated rings. The zero-order valence-electron chi connectivity index (χ0n) is 21.9. The average Bonchev–Trinajstić information content (AvgIpc) is 3.31. The van der Waals surface area contributed by atoms with Crippen LogP contribution in [0.25, 0.3) is 10.4 Å². The monoisotopic (exact) mass is 523 g/mol. The van der Waals surface area contributed by atoms with E-state index in [1.807, 2.05) is 24.6 Å². The fourth-order valence-electron chi connectivity index (χ4n) is 5.42. The number of hydrogen-bond acceptors (Lipinski definition) is 5. The van der Waals surface area contributed by atoms with Crippen LogP contribution in [0.1, 0.15) is 44.9 Å². The molecule has 37 heavy (non-hydrogen) atoms. The number of aromatic nitrogens is 1. The van der Waals surface area contributed by atoms with Crippen LogP contribution in [0.4, 0.5) is 5.69 Å². The molecule has 5 rings (SSSR count). The molecule has 0 aliphatic heterocycles. The van der Waals surface area contributed by atoms with Gasteiger partial charge < -0.3 is 9.74 Å². The first-order valence-electron chi connectivity index (χ1n) is 12.8. The zero-order chi connectivity index (χ0) is 26.0. The van der Waals surface area contributed by atoms with Gasteiger partial charge in [0.15, 0.2) is 0 Å². The minimum atomic E-state index is -2.56. The van der Waals surface area contributed by atoms with E-state index in [0.717, 1.165) is 34.7 Å². The van der Waals surface area contributed by atoms with Crippen LogP contribution in [0.3, 0.4) is 0 Å². The Labute approximate surface area is 225 Å². The third kappa shape index (κ3) is 4.87. The summed E-state index contributed by atoms with van der Waals surface area (Å²) in [4.78, 5) is 5.53. The summed E-state index contributed by atoms with van der Waals surface area (Å²) in [5, 5.41) is 16.0. The predicted octanol–water partition coefficient (Wildman–Crippen LogP) is 6.51. The van der Waals surface area contributed by atoms with Crippen LogP contribution in [-0.4, -0.2) is 25.4 Å². The van der Waals surface area contributed by atoms with Gasteiger partial charge in [-0.25, -0.2) is 4.98 Å². The molecule has 3 aromatic carbocycles. The van der Waals surface area contributed by atoms with Gasteiger partial charge >= 0.3 is 0 Å². The van der Waals surface area contributed by atoms with E-state index < -0.39 is 8.32 Å². The minimum absolute atomic E-state index is 0.0386. The number of thiazole rings is 1. The molecule has 0 atom stereocenters. The fraction of sp³-hybridized carbons (Fsp3) is 0.290. The lowest BCUT2D eigenvalue weighted by atomic mass is 9.89. The summed E-state index contributed by atoms with van der Waals surface area (Å²) in [6.45, 7) is 8.98. The van der Waals surface area contributed by atoms with Crippen molar-refractivity contribution in [3.8, 4) is 16.5 Å². The van der Waals surface area contributed by atoms with Gasteiger partial charge in [0, 0.05) is 12.1 Å². The van der Waals surface area contributed by atoms with Crippen molar-refractivity contribution < 1.29 is 4.43 Å². The van der Waals surface area contributed by atoms with E-state index in [-0.39, 0.29) is 17.2 Å². The van der Waals surface area contributed by atoms with Crippen LogP contribution in [0.15, 0.2) is 84.4 Å². The lowest BCUT2D eigenvalue weighted by Gasteiger charge is -2.49. The van der Waals surface area contributed by atoms with Crippen molar-refractivity contribution in [2.75, 3.05) is 5.32 Å². The van der Waals surface area contributed by atoms with Crippen molar-refractivity contribution in [2.45, 2.75) is 57.7 Å². The highest BCUT2D eigenvalue weighted by Gasteiger charge is 2.52. The van der Waals surface area contributed by atoms with Crippen molar-refractivity contribution in [3.05, 3.63) is 95.6 Å². The average molecular weight is 524 g/mol. The SMILES string of the molecule is Cc1ncsc1-c1ccc(C#N)c(NC2CC(O[Si](c3ccccc3)(c3ccccc3)C(C)(C)C)C2)c1. The first-order chi connectivity index (χ1) is 17.8. The zero-order valence-corrected chi connectivity index (χ0v) is 23.7. The fourth-order valence-corrected chi connectivity index (χ4v) is 10.9. The summed E-state index contributed by atoms with van der Waals surface area (Å²) in [6, 6.07) is 30.3. The van der Waals surface area contributed by atoms with Crippen molar-refractivity contribution in [2.24, 2.45) is 0 Å². The number of nitrogens with one attached hydrogen (secondary N) is 1.